The molecule has 1 unspecified atom stereocenters. The highest BCUT2D eigenvalue weighted by Gasteiger charge is 2.48. The molecule has 8 nitrogen and oxygen atoms in total. The number of aliphatic hydroxyl groups is 1. The summed E-state index contributed by atoms with van der Waals surface area (Å²) in [6, 6.07) is 14.1. The van der Waals surface area contributed by atoms with E-state index in [0.29, 0.717) is 35.0 Å². The van der Waals surface area contributed by atoms with Gasteiger partial charge in [-0.15, -0.1) is 0 Å². The van der Waals surface area contributed by atoms with Crippen LogP contribution in [0.2, 0.25) is 0 Å². The highest BCUT2D eigenvalue weighted by atomic mass is 16.5. The molecule has 0 aliphatic carbocycles. The van der Waals surface area contributed by atoms with E-state index in [-0.39, 0.29) is 17.2 Å². The lowest BCUT2D eigenvalue weighted by Crippen LogP contribution is -2.29. The first-order valence-corrected chi connectivity index (χ1v) is 10.2. The van der Waals surface area contributed by atoms with Gasteiger partial charge in [0.25, 0.3) is 5.78 Å². The normalized spacial score (nSPS) is 17.3. The zero-order valence-electron chi connectivity index (χ0n) is 18.1. The quantitative estimate of drug-likeness (QED) is 0.251. The van der Waals surface area contributed by atoms with E-state index < -0.39 is 17.7 Å². The van der Waals surface area contributed by atoms with Crippen molar-refractivity contribution in [2.24, 2.45) is 0 Å². The van der Waals surface area contributed by atoms with Gasteiger partial charge in [0.2, 0.25) is 0 Å². The number of carbonyl (C=O) groups is 2. The Kier molecular flexibility index (Phi) is 5.99. The highest BCUT2D eigenvalue weighted by Crippen LogP contribution is 2.42. The molecule has 1 aromatic heterocycles. The average molecular weight is 446 g/mol. The number of benzene rings is 2. The first-order valence-electron chi connectivity index (χ1n) is 10.2. The molecule has 1 N–H and O–H groups in total. The zero-order chi connectivity index (χ0) is 23.5. The van der Waals surface area contributed by atoms with Crippen molar-refractivity contribution in [2.75, 3.05) is 18.6 Å². The van der Waals surface area contributed by atoms with Crippen LogP contribution in [-0.4, -0.2) is 35.7 Å². The van der Waals surface area contributed by atoms with Crippen molar-refractivity contribution in [3.8, 4) is 11.5 Å². The number of rotatable bonds is 7. The Balaban J connectivity index is 1.85. The Bertz CT molecular complexity index is 1220. The maximum Gasteiger partial charge on any atom is 0.301 e. The van der Waals surface area contributed by atoms with Gasteiger partial charge in [0, 0.05) is 11.6 Å². The molecule has 1 aliphatic rings. The minimum Gasteiger partial charge on any atom is -0.507 e. The van der Waals surface area contributed by atoms with Crippen LogP contribution in [0.5, 0.6) is 11.5 Å². The molecule has 2 aromatic carbocycles. The number of amides is 1. The van der Waals surface area contributed by atoms with Gasteiger partial charge >= 0.3 is 5.91 Å². The molecule has 1 amide bonds. The number of aryl methyl sites for hydroxylation is 1. The van der Waals surface area contributed by atoms with Crippen molar-refractivity contribution in [3.63, 3.8) is 0 Å². The van der Waals surface area contributed by atoms with Gasteiger partial charge in [-0.05, 0) is 48.9 Å². The van der Waals surface area contributed by atoms with E-state index in [1.54, 1.807) is 67.6 Å². The summed E-state index contributed by atoms with van der Waals surface area (Å²) in [6.07, 6.45) is 1.63. The predicted octanol–water partition coefficient (Wildman–Crippen LogP) is 4.18. The summed E-state index contributed by atoms with van der Waals surface area (Å²) in [4.78, 5) is 27.4. The SMILES string of the molecule is C=CCOc1ccc(C2C(=C(O)c3ccc(OC)cc3)C(=O)C(=O)N2c2cc(C)on2)cc1. The van der Waals surface area contributed by atoms with Crippen molar-refractivity contribution >= 4 is 23.3 Å². The van der Waals surface area contributed by atoms with E-state index in [9.17, 15) is 14.7 Å². The highest BCUT2D eigenvalue weighted by molar-refractivity contribution is 6.51. The number of aliphatic hydroxyl groups excluding tert-OH is 1. The molecule has 168 valence electrons. The molecule has 8 heteroatoms. The fraction of sp³-hybridized carbons (Fsp3) is 0.160. The third kappa shape index (κ3) is 4.10. The molecule has 1 atom stereocenters. The fourth-order valence-electron chi connectivity index (χ4n) is 3.66. The van der Waals surface area contributed by atoms with Crippen LogP contribution in [0.4, 0.5) is 5.82 Å². The van der Waals surface area contributed by atoms with Crippen molar-refractivity contribution in [1.82, 2.24) is 5.16 Å². The lowest BCUT2D eigenvalue weighted by molar-refractivity contribution is -0.132. The van der Waals surface area contributed by atoms with Crippen LogP contribution in [0.3, 0.4) is 0 Å². The molecule has 1 saturated heterocycles. The standard InChI is InChI=1S/C25H22N2O6/c1-4-13-32-19-11-5-16(6-12-19)22-21(23(28)17-7-9-18(31-3)10-8-17)24(29)25(30)27(22)20-14-15(2)33-26-20/h4-12,14,22,28H,1,13H2,2-3H3. The van der Waals surface area contributed by atoms with Crippen LogP contribution in [-0.2, 0) is 9.59 Å². The summed E-state index contributed by atoms with van der Waals surface area (Å²) in [5, 5.41) is 15.0. The third-order valence-electron chi connectivity index (χ3n) is 5.23. The monoisotopic (exact) mass is 446 g/mol. The number of Topliss-reactive ketones (excluding diaryl/α,β-unsaturated/α-hetero) is 1. The first-order chi connectivity index (χ1) is 15.9. The van der Waals surface area contributed by atoms with Gasteiger partial charge < -0.3 is 19.1 Å². The average Bonchev–Trinajstić information content (AvgIpc) is 3.38. The lowest BCUT2D eigenvalue weighted by atomic mass is 9.95. The van der Waals surface area contributed by atoms with Crippen LogP contribution >= 0.6 is 0 Å². The number of ether oxygens (including phenoxy) is 2. The summed E-state index contributed by atoms with van der Waals surface area (Å²) in [7, 11) is 1.53. The molecule has 0 spiro atoms. The summed E-state index contributed by atoms with van der Waals surface area (Å²) in [6.45, 7) is 5.65. The van der Waals surface area contributed by atoms with E-state index in [1.165, 1.54) is 12.0 Å². The minimum absolute atomic E-state index is 0.0504. The minimum atomic E-state index is -0.912. The first kappa shape index (κ1) is 21.9. The number of hydrogen-bond donors (Lipinski definition) is 1. The number of ketones is 1. The predicted molar refractivity (Wildman–Crippen MR) is 121 cm³/mol. The van der Waals surface area contributed by atoms with Crippen molar-refractivity contribution in [2.45, 2.75) is 13.0 Å². The Morgan fingerprint density at radius 2 is 1.82 bits per heavy atom. The van der Waals surface area contributed by atoms with Gasteiger partial charge in [-0.1, -0.05) is 29.9 Å². The van der Waals surface area contributed by atoms with Crippen LogP contribution in [0, 0.1) is 6.92 Å². The second-order valence-corrected chi connectivity index (χ2v) is 7.36. The maximum absolute atomic E-state index is 13.1. The number of methoxy groups -OCH3 is 1. The molecular formula is C25H22N2O6. The van der Waals surface area contributed by atoms with Crippen molar-refractivity contribution in [1.29, 1.82) is 0 Å². The van der Waals surface area contributed by atoms with E-state index in [4.69, 9.17) is 14.0 Å². The Morgan fingerprint density at radius 1 is 1.15 bits per heavy atom. The lowest BCUT2D eigenvalue weighted by Gasteiger charge is -2.23. The molecule has 0 saturated carbocycles. The number of anilines is 1. The van der Waals surface area contributed by atoms with Gasteiger partial charge in [-0.2, -0.15) is 0 Å². The van der Waals surface area contributed by atoms with E-state index >= 15 is 0 Å². The number of hydrogen-bond acceptors (Lipinski definition) is 7. The summed E-state index contributed by atoms with van der Waals surface area (Å²) >= 11 is 0. The van der Waals surface area contributed by atoms with E-state index in [0.717, 1.165) is 0 Å². The van der Waals surface area contributed by atoms with Crippen molar-refractivity contribution < 1.29 is 28.7 Å². The number of nitrogens with zero attached hydrogens (tertiary/aromatic N) is 2. The van der Waals surface area contributed by atoms with Gasteiger partial charge in [0.1, 0.15) is 29.6 Å². The topological polar surface area (TPSA) is 102 Å². The molecule has 0 bridgehead atoms. The summed E-state index contributed by atoms with van der Waals surface area (Å²) in [5.41, 5.74) is 0.919. The van der Waals surface area contributed by atoms with Gasteiger partial charge in [-0.25, -0.2) is 0 Å². The van der Waals surface area contributed by atoms with Crippen LogP contribution in [0.15, 0.2) is 77.3 Å². The van der Waals surface area contributed by atoms with Crippen LogP contribution in [0.1, 0.15) is 22.9 Å². The van der Waals surface area contributed by atoms with Crippen molar-refractivity contribution in [3.05, 3.63) is 89.7 Å². The maximum atomic E-state index is 13.1. The molecular weight excluding hydrogens is 424 g/mol. The Labute approximate surface area is 190 Å². The van der Waals surface area contributed by atoms with Gasteiger partial charge in [0.05, 0.1) is 18.7 Å². The molecule has 33 heavy (non-hydrogen) atoms. The molecule has 3 aromatic rings. The molecule has 4 rings (SSSR count). The molecule has 1 aliphatic heterocycles. The summed E-state index contributed by atoms with van der Waals surface area (Å²) < 4.78 is 15.8. The van der Waals surface area contributed by atoms with Crippen LogP contribution in [0.25, 0.3) is 5.76 Å². The zero-order valence-corrected chi connectivity index (χ0v) is 18.1. The van der Waals surface area contributed by atoms with Crippen LogP contribution < -0.4 is 14.4 Å². The largest absolute Gasteiger partial charge is 0.507 e. The Hall–Kier alpha value is -4.33. The van der Waals surface area contributed by atoms with Gasteiger partial charge in [0.15, 0.2) is 5.82 Å². The summed E-state index contributed by atoms with van der Waals surface area (Å²) in [5.74, 6) is -0.0684. The Morgan fingerprint density at radius 3 is 2.39 bits per heavy atom. The smallest absolute Gasteiger partial charge is 0.301 e. The third-order valence-corrected chi connectivity index (χ3v) is 5.23. The van der Waals surface area contributed by atoms with Gasteiger partial charge in [-0.3, -0.25) is 14.5 Å². The molecule has 0 radical (unpaired) electrons. The van der Waals surface area contributed by atoms with E-state index in [2.05, 4.69) is 11.7 Å². The number of aromatic nitrogens is 1. The van der Waals surface area contributed by atoms with E-state index in [1.807, 2.05) is 0 Å². The second kappa shape index (κ2) is 9.04. The number of carbonyl (C=O) groups excluding carboxylic acids is 2. The fourth-order valence-corrected chi connectivity index (χ4v) is 3.66. The second-order valence-electron chi connectivity index (χ2n) is 7.36. The molecule has 2 heterocycles. The molecule has 1 fully saturated rings.